The Balaban J connectivity index is 1.89. The number of amides is 2. The lowest BCUT2D eigenvalue weighted by Crippen LogP contribution is -2.38. The number of primary amides is 1. The van der Waals surface area contributed by atoms with Gasteiger partial charge in [0, 0.05) is 43.4 Å². The van der Waals surface area contributed by atoms with Crippen LogP contribution in [-0.4, -0.2) is 47.8 Å². The first-order chi connectivity index (χ1) is 13.0. The van der Waals surface area contributed by atoms with E-state index in [-0.39, 0.29) is 17.0 Å². The predicted molar refractivity (Wildman–Crippen MR) is 101 cm³/mol. The summed E-state index contributed by atoms with van der Waals surface area (Å²) in [4.78, 5) is 38.5. The number of nitro benzene ring substituents is 1. The summed E-state index contributed by atoms with van der Waals surface area (Å²) in [5, 5.41) is 11.6. The molecule has 3 rings (SSSR count). The van der Waals surface area contributed by atoms with Gasteiger partial charge in [-0.3, -0.25) is 14.9 Å². The van der Waals surface area contributed by atoms with Gasteiger partial charge in [0.05, 0.1) is 4.92 Å². The fourth-order valence-corrected chi connectivity index (χ4v) is 3.21. The van der Waals surface area contributed by atoms with E-state index in [0.29, 0.717) is 43.9 Å². The van der Waals surface area contributed by atoms with Gasteiger partial charge in [-0.05, 0) is 18.6 Å². The molecule has 0 aromatic heterocycles. The second kappa shape index (κ2) is 7.86. The van der Waals surface area contributed by atoms with Crippen LogP contribution in [0.25, 0.3) is 0 Å². The van der Waals surface area contributed by atoms with Crippen molar-refractivity contribution in [3.8, 4) is 0 Å². The molecule has 0 spiro atoms. The number of nitro groups is 1. The smallest absolute Gasteiger partial charge is 0.314 e. The number of hydrogen-bond donors (Lipinski definition) is 1. The molecular weight excluding hydrogens is 348 g/mol. The van der Waals surface area contributed by atoms with E-state index >= 15 is 0 Å². The second-order valence-corrected chi connectivity index (χ2v) is 6.32. The summed E-state index contributed by atoms with van der Waals surface area (Å²) in [5.41, 5.74) is 6.40. The molecule has 0 aliphatic carbocycles. The van der Waals surface area contributed by atoms with E-state index in [1.165, 1.54) is 11.0 Å². The van der Waals surface area contributed by atoms with E-state index in [9.17, 15) is 19.7 Å². The number of hydrogen-bond acceptors (Lipinski definition) is 5. The van der Waals surface area contributed by atoms with Crippen LogP contribution in [0.3, 0.4) is 0 Å². The standard InChI is InChI=1S/C19H20N4O4/c20-19(25)22-10-4-9-21(11-12-22)16-8-7-15(13-17(16)23(26)27)18(24)14-5-2-1-3-6-14/h1-3,5-8,13H,4,9-12H2,(H2,20,25). The number of carbonyl (C=O) groups excluding carboxylic acids is 2. The van der Waals surface area contributed by atoms with Crippen LogP contribution in [0, 0.1) is 10.1 Å². The van der Waals surface area contributed by atoms with Gasteiger partial charge in [0.25, 0.3) is 5.69 Å². The molecule has 0 saturated carbocycles. The van der Waals surface area contributed by atoms with Crippen LogP contribution >= 0.6 is 0 Å². The van der Waals surface area contributed by atoms with Crippen LogP contribution in [-0.2, 0) is 0 Å². The summed E-state index contributed by atoms with van der Waals surface area (Å²) in [6, 6.07) is 12.7. The quantitative estimate of drug-likeness (QED) is 0.506. The van der Waals surface area contributed by atoms with Crippen LogP contribution in [0.1, 0.15) is 22.3 Å². The number of anilines is 1. The molecule has 1 heterocycles. The third-order valence-electron chi connectivity index (χ3n) is 4.62. The Morgan fingerprint density at radius 1 is 0.963 bits per heavy atom. The maximum atomic E-state index is 12.6. The SMILES string of the molecule is NC(=O)N1CCCN(c2ccc(C(=O)c3ccccc3)cc2[N+](=O)[O-])CC1. The van der Waals surface area contributed by atoms with Crippen LogP contribution in [0.15, 0.2) is 48.5 Å². The summed E-state index contributed by atoms with van der Waals surface area (Å²) in [6.45, 7) is 1.92. The van der Waals surface area contributed by atoms with Gasteiger partial charge in [-0.1, -0.05) is 30.3 Å². The van der Waals surface area contributed by atoms with Crippen molar-refractivity contribution in [2.75, 3.05) is 31.1 Å². The molecule has 27 heavy (non-hydrogen) atoms. The average Bonchev–Trinajstić information content (AvgIpc) is 2.94. The van der Waals surface area contributed by atoms with Crippen molar-refractivity contribution >= 4 is 23.2 Å². The average molecular weight is 368 g/mol. The van der Waals surface area contributed by atoms with Gasteiger partial charge in [0.15, 0.2) is 5.78 Å². The summed E-state index contributed by atoms with van der Waals surface area (Å²) in [6.07, 6.45) is 0.658. The molecule has 8 heteroatoms. The number of nitrogens with zero attached hydrogens (tertiary/aromatic N) is 3. The van der Waals surface area contributed by atoms with E-state index in [0.717, 1.165) is 0 Å². The van der Waals surface area contributed by atoms with Crippen molar-refractivity contribution in [1.82, 2.24) is 4.90 Å². The minimum absolute atomic E-state index is 0.121. The Morgan fingerprint density at radius 2 is 1.70 bits per heavy atom. The Morgan fingerprint density at radius 3 is 2.37 bits per heavy atom. The summed E-state index contributed by atoms with van der Waals surface area (Å²) in [5.74, 6) is -0.263. The lowest BCUT2D eigenvalue weighted by molar-refractivity contribution is -0.384. The molecular formula is C19H20N4O4. The molecule has 0 atom stereocenters. The van der Waals surface area contributed by atoms with Crippen LogP contribution in [0.2, 0.25) is 0 Å². The number of carbonyl (C=O) groups is 2. The zero-order chi connectivity index (χ0) is 19.4. The third kappa shape index (κ3) is 4.05. The highest BCUT2D eigenvalue weighted by molar-refractivity contribution is 6.09. The maximum absolute atomic E-state index is 12.6. The second-order valence-electron chi connectivity index (χ2n) is 6.32. The topological polar surface area (TPSA) is 110 Å². The molecule has 2 aromatic rings. The van der Waals surface area contributed by atoms with Gasteiger partial charge >= 0.3 is 6.03 Å². The maximum Gasteiger partial charge on any atom is 0.314 e. The van der Waals surface area contributed by atoms with Gasteiger partial charge in [-0.15, -0.1) is 0 Å². The van der Waals surface area contributed by atoms with Crippen molar-refractivity contribution in [3.63, 3.8) is 0 Å². The molecule has 1 aliphatic heterocycles. The Labute approximate surface area is 156 Å². The zero-order valence-corrected chi connectivity index (χ0v) is 14.7. The Bertz CT molecular complexity index is 869. The van der Waals surface area contributed by atoms with Gasteiger partial charge in [0.2, 0.25) is 0 Å². The number of ketones is 1. The van der Waals surface area contributed by atoms with Gasteiger partial charge in [-0.2, -0.15) is 0 Å². The highest BCUT2D eigenvalue weighted by Crippen LogP contribution is 2.31. The van der Waals surface area contributed by atoms with Crippen molar-refractivity contribution in [2.45, 2.75) is 6.42 Å². The minimum atomic E-state index is -0.491. The predicted octanol–water partition coefficient (Wildman–Crippen LogP) is 2.42. The van der Waals surface area contributed by atoms with E-state index in [1.807, 2.05) is 4.90 Å². The van der Waals surface area contributed by atoms with E-state index in [1.54, 1.807) is 42.5 Å². The molecule has 0 radical (unpaired) electrons. The molecule has 8 nitrogen and oxygen atoms in total. The molecule has 0 bridgehead atoms. The summed E-state index contributed by atoms with van der Waals surface area (Å²) in [7, 11) is 0. The van der Waals surface area contributed by atoms with Crippen LogP contribution < -0.4 is 10.6 Å². The summed E-state index contributed by atoms with van der Waals surface area (Å²) < 4.78 is 0. The van der Waals surface area contributed by atoms with Crippen LogP contribution in [0.5, 0.6) is 0 Å². The van der Waals surface area contributed by atoms with Gasteiger partial charge < -0.3 is 15.5 Å². The van der Waals surface area contributed by atoms with Crippen molar-refractivity contribution in [2.24, 2.45) is 5.73 Å². The molecule has 1 aliphatic rings. The van der Waals surface area contributed by atoms with Crippen molar-refractivity contribution in [1.29, 1.82) is 0 Å². The summed E-state index contributed by atoms with van der Waals surface area (Å²) >= 11 is 0. The van der Waals surface area contributed by atoms with E-state index in [4.69, 9.17) is 5.73 Å². The monoisotopic (exact) mass is 368 g/mol. The fraction of sp³-hybridized carbons (Fsp3) is 0.263. The Kier molecular flexibility index (Phi) is 5.35. The lowest BCUT2D eigenvalue weighted by Gasteiger charge is -2.23. The van der Waals surface area contributed by atoms with Crippen LogP contribution in [0.4, 0.5) is 16.2 Å². The highest BCUT2D eigenvalue weighted by Gasteiger charge is 2.25. The van der Waals surface area contributed by atoms with E-state index < -0.39 is 11.0 Å². The fourth-order valence-electron chi connectivity index (χ4n) is 3.21. The molecule has 2 aromatic carbocycles. The van der Waals surface area contributed by atoms with Gasteiger partial charge in [0.1, 0.15) is 5.69 Å². The largest absolute Gasteiger partial charge is 0.364 e. The normalized spacial score (nSPS) is 14.5. The highest BCUT2D eigenvalue weighted by atomic mass is 16.6. The number of benzene rings is 2. The molecule has 2 amide bonds. The third-order valence-corrected chi connectivity index (χ3v) is 4.62. The number of rotatable bonds is 4. The molecule has 1 saturated heterocycles. The Hall–Kier alpha value is -3.42. The number of urea groups is 1. The minimum Gasteiger partial charge on any atom is -0.364 e. The van der Waals surface area contributed by atoms with Crippen molar-refractivity contribution in [3.05, 3.63) is 69.8 Å². The molecule has 140 valence electrons. The lowest BCUT2D eigenvalue weighted by atomic mass is 10.0. The van der Waals surface area contributed by atoms with E-state index in [2.05, 4.69) is 0 Å². The number of nitrogens with two attached hydrogens (primary N) is 1. The molecule has 2 N–H and O–H groups in total. The first kappa shape index (κ1) is 18.4. The molecule has 1 fully saturated rings. The first-order valence-electron chi connectivity index (χ1n) is 8.65. The zero-order valence-electron chi connectivity index (χ0n) is 14.7. The van der Waals surface area contributed by atoms with Crippen molar-refractivity contribution < 1.29 is 14.5 Å². The first-order valence-corrected chi connectivity index (χ1v) is 8.65. The molecule has 0 unspecified atom stereocenters. The van der Waals surface area contributed by atoms with Gasteiger partial charge in [-0.25, -0.2) is 4.79 Å².